The summed E-state index contributed by atoms with van der Waals surface area (Å²) in [6.45, 7) is 0. The number of rotatable bonds is 3. The Hall–Kier alpha value is -2.05. The van der Waals surface area contributed by atoms with Gasteiger partial charge in [0, 0.05) is 0 Å². The Balaban J connectivity index is 2.20. The van der Waals surface area contributed by atoms with Gasteiger partial charge in [0.25, 0.3) is 0 Å². The monoisotopic (exact) mass is 315 g/mol. The second kappa shape index (κ2) is 6.37. The van der Waals surface area contributed by atoms with Crippen LogP contribution in [0, 0.1) is 11.8 Å². The molecule has 2 N–H and O–H groups in total. The van der Waals surface area contributed by atoms with Gasteiger partial charge < -0.3 is 10.4 Å². The fourth-order valence-corrected chi connectivity index (χ4v) is 2.81. The summed E-state index contributed by atoms with van der Waals surface area (Å²) in [6.07, 6.45) is -2.43. The standard InChI is InChI=1S/C15H16F3NO3/c16-15(17,18)11-7-3-4-8-12(11)19-13(20)9-5-1-2-6-10(9)14(21)22/h3-4,7-10H,1-2,5-6H2,(H,19,20)(H,21,22). The van der Waals surface area contributed by atoms with E-state index in [1.54, 1.807) is 0 Å². The van der Waals surface area contributed by atoms with E-state index in [4.69, 9.17) is 5.11 Å². The molecule has 1 saturated carbocycles. The summed E-state index contributed by atoms with van der Waals surface area (Å²) in [7, 11) is 0. The molecule has 22 heavy (non-hydrogen) atoms. The molecule has 0 spiro atoms. The fourth-order valence-electron chi connectivity index (χ4n) is 2.81. The van der Waals surface area contributed by atoms with Crippen molar-refractivity contribution in [1.82, 2.24) is 0 Å². The molecule has 0 bridgehead atoms. The van der Waals surface area contributed by atoms with Gasteiger partial charge in [-0.2, -0.15) is 13.2 Å². The summed E-state index contributed by atoms with van der Waals surface area (Å²) in [5.74, 6) is -3.38. The summed E-state index contributed by atoms with van der Waals surface area (Å²) >= 11 is 0. The molecule has 1 aromatic carbocycles. The highest BCUT2D eigenvalue weighted by atomic mass is 19.4. The number of carbonyl (C=O) groups is 2. The van der Waals surface area contributed by atoms with Crippen LogP contribution in [0.15, 0.2) is 24.3 Å². The number of alkyl halides is 3. The quantitative estimate of drug-likeness (QED) is 0.896. The number of amides is 1. The van der Waals surface area contributed by atoms with Crippen molar-refractivity contribution in [2.75, 3.05) is 5.32 Å². The molecule has 1 aliphatic carbocycles. The molecular formula is C15H16F3NO3. The second-order valence-electron chi connectivity index (χ2n) is 5.37. The van der Waals surface area contributed by atoms with Crippen LogP contribution in [-0.4, -0.2) is 17.0 Å². The zero-order valence-electron chi connectivity index (χ0n) is 11.7. The lowest BCUT2D eigenvalue weighted by Gasteiger charge is -2.27. The SMILES string of the molecule is O=C(O)C1CCCCC1C(=O)Nc1ccccc1C(F)(F)F. The number of halogens is 3. The lowest BCUT2D eigenvalue weighted by atomic mass is 9.78. The molecular weight excluding hydrogens is 299 g/mol. The van der Waals surface area contributed by atoms with Crippen LogP contribution >= 0.6 is 0 Å². The van der Waals surface area contributed by atoms with Crippen molar-refractivity contribution in [2.45, 2.75) is 31.9 Å². The number of hydrogen-bond donors (Lipinski definition) is 2. The lowest BCUT2D eigenvalue weighted by molar-refractivity contribution is -0.148. The van der Waals surface area contributed by atoms with Crippen molar-refractivity contribution in [3.8, 4) is 0 Å². The third-order valence-electron chi connectivity index (χ3n) is 3.91. The van der Waals surface area contributed by atoms with Gasteiger partial charge in [-0.15, -0.1) is 0 Å². The molecule has 0 aliphatic heterocycles. The highest BCUT2D eigenvalue weighted by molar-refractivity contribution is 5.95. The van der Waals surface area contributed by atoms with E-state index < -0.39 is 35.5 Å². The van der Waals surface area contributed by atoms with E-state index in [9.17, 15) is 22.8 Å². The van der Waals surface area contributed by atoms with Gasteiger partial charge in [-0.3, -0.25) is 9.59 Å². The average Bonchev–Trinajstić information content (AvgIpc) is 2.46. The van der Waals surface area contributed by atoms with Crippen LogP contribution in [0.4, 0.5) is 18.9 Å². The molecule has 1 amide bonds. The van der Waals surface area contributed by atoms with E-state index in [2.05, 4.69) is 5.32 Å². The minimum Gasteiger partial charge on any atom is -0.481 e. The molecule has 0 radical (unpaired) electrons. The number of carbonyl (C=O) groups excluding carboxylic acids is 1. The van der Waals surface area contributed by atoms with Crippen LogP contribution < -0.4 is 5.32 Å². The molecule has 0 aromatic heterocycles. The molecule has 1 fully saturated rings. The van der Waals surface area contributed by atoms with Crippen molar-refractivity contribution < 1.29 is 27.9 Å². The van der Waals surface area contributed by atoms with E-state index in [1.807, 2.05) is 0 Å². The van der Waals surface area contributed by atoms with E-state index in [-0.39, 0.29) is 5.69 Å². The molecule has 1 aromatic rings. The molecule has 2 rings (SSSR count). The highest BCUT2D eigenvalue weighted by Crippen LogP contribution is 2.36. The molecule has 0 heterocycles. The fraction of sp³-hybridized carbons (Fsp3) is 0.467. The number of aliphatic carboxylic acids is 1. The topological polar surface area (TPSA) is 66.4 Å². The molecule has 4 nitrogen and oxygen atoms in total. The molecule has 2 atom stereocenters. The van der Waals surface area contributed by atoms with Crippen LogP contribution in [-0.2, 0) is 15.8 Å². The number of nitrogens with one attached hydrogen (secondary N) is 1. The molecule has 120 valence electrons. The number of para-hydroxylation sites is 1. The minimum atomic E-state index is -4.58. The Morgan fingerprint density at radius 1 is 1.09 bits per heavy atom. The van der Waals surface area contributed by atoms with Gasteiger partial charge in [0.15, 0.2) is 0 Å². The third kappa shape index (κ3) is 3.58. The van der Waals surface area contributed by atoms with Gasteiger partial charge in [-0.1, -0.05) is 25.0 Å². The van der Waals surface area contributed by atoms with Crippen LogP contribution in [0.1, 0.15) is 31.2 Å². The predicted molar refractivity (Wildman–Crippen MR) is 73.2 cm³/mol. The largest absolute Gasteiger partial charge is 0.481 e. The Bertz CT molecular complexity index is 571. The minimum absolute atomic E-state index is 0.338. The Labute approximate surface area is 125 Å². The molecule has 7 heteroatoms. The highest BCUT2D eigenvalue weighted by Gasteiger charge is 2.38. The van der Waals surface area contributed by atoms with Crippen LogP contribution in [0.5, 0.6) is 0 Å². The van der Waals surface area contributed by atoms with Gasteiger partial charge >= 0.3 is 12.1 Å². The third-order valence-corrected chi connectivity index (χ3v) is 3.91. The van der Waals surface area contributed by atoms with Crippen LogP contribution in [0.2, 0.25) is 0 Å². The summed E-state index contributed by atoms with van der Waals surface area (Å²) in [6, 6.07) is 4.67. The Kier molecular flexibility index (Phi) is 4.73. The molecule has 1 aliphatic rings. The van der Waals surface area contributed by atoms with E-state index in [1.165, 1.54) is 18.2 Å². The van der Waals surface area contributed by atoms with Crippen LogP contribution in [0.3, 0.4) is 0 Å². The van der Waals surface area contributed by atoms with Gasteiger partial charge in [-0.05, 0) is 25.0 Å². The number of carboxylic acid groups (broad SMARTS) is 1. The Morgan fingerprint density at radius 2 is 1.68 bits per heavy atom. The van der Waals surface area contributed by atoms with E-state index in [0.717, 1.165) is 6.07 Å². The maximum atomic E-state index is 12.9. The number of hydrogen-bond acceptors (Lipinski definition) is 2. The normalized spacial score (nSPS) is 22.1. The van der Waals surface area contributed by atoms with E-state index in [0.29, 0.717) is 25.7 Å². The van der Waals surface area contributed by atoms with Crippen molar-refractivity contribution in [2.24, 2.45) is 11.8 Å². The van der Waals surface area contributed by atoms with Gasteiger partial charge in [0.05, 0.1) is 23.1 Å². The summed E-state index contributed by atoms with van der Waals surface area (Å²) in [5, 5.41) is 11.4. The van der Waals surface area contributed by atoms with E-state index >= 15 is 0 Å². The molecule has 2 unspecified atom stereocenters. The first-order valence-corrected chi connectivity index (χ1v) is 7.00. The van der Waals surface area contributed by atoms with Gasteiger partial charge in [0.2, 0.25) is 5.91 Å². The summed E-state index contributed by atoms with van der Waals surface area (Å²) in [4.78, 5) is 23.4. The maximum absolute atomic E-state index is 12.9. The van der Waals surface area contributed by atoms with Gasteiger partial charge in [-0.25, -0.2) is 0 Å². The molecule has 0 saturated heterocycles. The Morgan fingerprint density at radius 3 is 2.27 bits per heavy atom. The van der Waals surface area contributed by atoms with Crippen molar-refractivity contribution >= 4 is 17.6 Å². The van der Waals surface area contributed by atoms with Crippen molar-refractivity contribution in [1.29, 1.82) is 0 Å². The van der Waals surface area contributed by atoms with Gasteiger partial charge in [0.1, 0.15) is 0 Å². The maximum Gasteiger partial charge on any atom is 0.418 e. The van der Waals surface area contributed by atoms with Crippen LogP contribution in [0.25, 0.3) is 0 Å². The summed E-state index contributed by atoms with van der Waals surface area (Å²) < 4.78 is 38.7. The first-order valence-electron chi connectivity index (χ1n) is 7.00. The zero-order valence-corrected chi connectivity index (χ0v) is 11.7. The number of benzene rings is 1. The number of carboxylic acids is 1. The van der Waals surface area contributed by atoms with Crippen molar-refractivity contribution in [3.63, 3.8) is 0 Å². The predicted octanol–water partition coefficient (Wildman–Crippen LogP) is 3.53. The lowest BCUT2D eigenvalue weighted by Crippen LogP contribution is -2.36. The first-order chi connectivity index (χ1) is 10.3. The zero-order chi connectivity index (χ0) is 16.3. The smallest absolute Gasteiger partial charge is 0.418 e. The average molecular weight is 315 g/mol. The summed E-state index contributed by atoms with van der Waals surface area (Å²) in [5.41, 5.74) is -1.28. The first kappa shape index (κ1) is 16.3. The van der Waals surface area contributed by atoms with Crippen molar-refractivity contribution in [3.05, 3.63) is 29.8 Å². The second-order valence-corrected chi connectivity index (χ2v) is 5.37. The number of anilines is 1.